The van der Waals surface area contributed by atoms with Crippen molar-refractivity contribution in [1.29, 1.82) is 0 Å². The highest BCUT2D eigenvalue weighted by Gasteiger charge is 2.29. The standard InChI is InChI=1S/C15H13F4NO2S/c1-9(10-3-5-12(17)14(19)7-10)20(2)23(21,22)15-8-11(16)4-6-13(15)18/h3-9H,1-2H3. The van der Waals surface area contributed by atoms with Crippen molar-refractivity contribution >= 4 is 10.0 Å². The van der Waals surface area contributed by atoms with Crippen molar-refractivity contribution in [3.63, 3.8) is 0 Å². The molecule has 0 saturated carbocycles. The molecule has 3 nitrogen and oxygen atoms in total. The second-order valence-corrected chi connectivity index (χ2v) is 6.91. The molecule has 0 spiro atoms. The fourth-order valence-corrected chi connectivity index (χ4v) is 3.44. The fourth-order valence-electron chi connectivity index (χ4n) is 2.02. The van der Waals surface area contributed by atoms with Gasteiger partial charge in [0, 0.05) is 13.1 Å². The molecule has 0 aromatic heterocycles. The van der Waals surface area contributed by atoms with Gasteiger partial charge in [-0.1, -0.05) is 6.07 Å². The first-order valence-electron chi connectivity index (χ1n) is 6.52. The molecule has 1 unspecified atom stereocenters. The Bertz CT molecular complexity index is 839. The normalized spacial score (nSPS) is 13.3. The molecule has 2 rings (SSSR count). The van der Waals surface area contributed by atoms with Gasteiger partial charge in [-0.05, 0) is 42.8 Å². The molecule has 0 aliphatic rings. The van der Waals surface area contributed by atoms with Gasteiger partial charge in [-0.15, -0.1) is 0 Å². The van der Waals surface area contributed by atoms with Crippen molar-refractivity contribution in [3.8, 4) is 0 Å². The van der Waals surface area contributed by atoms with Crippen LogP contribution in [0.15, 0.2) is 41.3 Å². The Morgan fingerprint density at radius 1 is 0.913 bits per heavy atom. The maximum Gasteiger partial charge on any atom is 0.246 e. The molecule has 124 valence electrons. The van der Waals surface area contributed by atoms with E-state index in [-0.39, 0.29) is 5.56 Å². The first-order valence-corrected chi connectivity index (χ1v) is 7.96. The van der Waals surface area contributed by atoms with Gasteiger partial charge in [0.15, 0.2) is 11.6 Å². The predicted octanol–water partition coefficient (Wildman–Crippen LogP) is 3.62. The van der Waals surface area contributed by atoms with Crippen LogP contribution in [0.1, 0.15) is 18.5 Å². The van der Waals surface area contributed by atoms with Crippen LogP contribution in [0.3, 0.4) is 0 Å². The average molecular weight is 347 g/mol. The zero-order valence-corrected chi connectivity index (χ0v) is 13.0. The van der Waals surface area contributed by atoms with Gasteiger partial charge in [0.1, 0.15) is 16.5 Å². The summed E-state index contributed by atoms with van der Waals surface area (Å²) in [4.78, 5) is -0.825. The molecule has 0 heterocycles. The molecular formula is C15H13F4NO2S. The third-order valence-corrected chi connectivity index (χ3v) is 5.46. The molecule has 0 aliphatic heterocycles. The molecule has 0 bridgehead atoms. The first-order chi connectivity index (χ1) is 10.6. The Morgan fingerprint density at radius 3 is 2.13 bits per heavy atom. The highest BCUT2D eigenvalue weighted by Crippen LogP contribution is 2.28. The van der Waals surface area contributed by atoms with Gasteiger partial charge in [-0.3, -0.25) is 0 Å². The number of hydrogen-bond donors (Lipinski definition) is 0. The van der Waals surface area contributed by atoms with E-state index in [9.17, 15) is 26.0 Å². The molecule has 0 fully saturated rings. The summed E-state index contributed by atoms with van der Waals surface area (Å²) in [5.41, 5.74) is 0.173. The van der Waals surface area contributed by atoms with Gasteiger partial charge in [0.25, 0.3) is 0 Å². The Morgan fingerprint density at radius 2 is 1.52 bits per heavy atom. The van der Waals surface area contributed by atoms with E-state index in [1.165, 1.54) is 13.0 Å². The second-order valence-electron chi connectivity index (χ2n) is 4.95. The van der Waals surface area contributed by atoms with E-state index in [1.807, 2.05) is 0 Å². The topological polar surface area (TPSA) is 37.4 Å². The lowest BCUT2D eigenvalue weighted by Crippen LogP contribution is -2.30. The van der Waals surface area contributed by atoms with Crippen LogP contribution in [0.4, 0.5) is 17.6 Å². The summed E-state index contributed by atoms with van der Waals surface area (Å²) in [6.45, 7) is 1.42. The van der Waals surface area contributed by atoms with Crippen molar-refractivity contribution in [2.45, 2.75) is 17.9 Å². The minimum absolute atomic E-state index is 0.173. The summed E-state index contributed by atoms with van der Waals surface area (Å²) in [6.07, 6.45) is 0. The quantitative estimate of drug-likeness (QED) is 0.792. The molecule has 23 heavy (non-hydrogen) atoms. The maximum atomic E-state index is 13.7. The largest absolute Gasteiger partial charge is 0.246 e. The van der Waals surface area contributed by atoms with Crippen LogP contribution in [0.5, 0.6) is 0 Å². The van der Waals surface area contributed by atoms with Crippen LogP contribution in [-0.2, 0) is 10.0 Å². The van der Waals surface area contributed by atoms with Crippen LogP contribution >= 0.6 is 0 Å². The molecule has 0 saturated heterocycles. The average Bonchev–Trinajstić information content (AvgIpc) is 2.50. The minimum atomic E-state index is -4.36. The van der Waals surface area contributed by atoms with Crippen molar-refractivity contribution in [1.82, 2.24) is 4.31 Å². The summed E-state index contributed by atoms with van der Waals surface area (Å²) in [5.74, 6) is -4.20. The van der Waals surface area contributed by atoms with E-state index < -0.39 is 44.2 Å². The van der Waals surface area contributed by atoms with Crippen molar-refractivity contribution in [3.05, 3.63) is 65.2 Å². The number of rotatable bonds is 4. The summed E-state index contributed by atoms with van der Waals surface area (Å²) < 4.78 is 78.8. The lowest BCUT2D eigenvalue weighted by Gasteiger charge is -2.25. The molecule has 2 aromatic rings. The minimum Gasteiger partial charge on any atom is -0.207 e. The molecule has 0 N–H and O–H groups in total. The Labute approximate surface area is 131 Å². The number of benzene rings is 2. The van der Waals surface area contributed by atoms with Crippen LogP contribution in [0.2, 0.25) is 0 Å². The van der Waals surface area contributed by atoms with Gasteiger partial charge in [-0.2, -0.15) is 4.31 Å². The Balaban J connectivity index is 2.43. The third kappa shape index (κ3) is 3.37. The number of sulfonamides is 1. The van der Waals surface area contributed by atoms with E-state index in [1.54, 1.807) is 0 Å². The molecule has 0 radical (unpaired) electrons. The monoisotopic (exact) mass is 347 g/mol. The van der Waals surface area contributed by atoms with Crippen LogP contribution in [-0.4, -0.2) is 19.8 Å². The highest BCUT2D eigenvalue weighted by atomic mass is 32.2. The maximum absolute atomic E-state index is 13.7. The SMILES string of the molecule is CC(c1ccc(F)c(F)c1)N(C)S(=O)(=O)c1cc(F)ccc1F. The van der Waals surface area contributed by atoms with E-state index in [2.05, 4.69) is 0 Å². The zero-order chi connectivity index (χ0) is 17.4. The van der Waals surface area contributed by atoms with Gasteiger partial charge in [0.2, 0.25) is 10.0 Å². The van der Waals surface area contributed by atoms with Crippen molar-refractivity contribution in [2.24, 2.45) is 0 Å². The predicted molar refractivity (Wildman–Crippen MR) is 76.1 cm³/mol. The molecule has 0 amide bonds. The van der Waals surface area contributed by atoms with Crippen molar-refractivity contribution < 1.29 is 26.0 Å². The van der Waals surface area contributed by atoms with E-state index in [0.29, 0.717) is 12.1 Å². The van der Waals surface area contributed by atoms with Gasteiger partial charge in [0.05, 0.1) is 0 Å². The van der Waals surface area contributed by atoms with Crippen LogP contribution in [0.25, 0.3) is 0 Å². The molecular weight excluding hydrogens is 334 g/mol. The second kappa shape index (κ2) is 6.29. The van der Waals surface area contributed by atoms with Gasteiger partial charge in [-0.25, -0.2) is 26.0 Å². The molecule has 1 atom stereocenters. The van der Waals surface area contributed by atoms with Crippen molar-refractivity contribution in [2.75, 3.05) is 7.05 Å². The van der Waals surface area contributed by atoms with E-state index in [4.69, 9.17) is 0 Å². The van der Waals surface area contributed by atoms with E-state index >= 15 is 0 Å². The summed E-state index contributed by atoms with van der Waals surface area (Å²) in [7, 11) is -3.22. The summed E-state index contributed by atoms with van der Waals surface area (Å²) >= 11 is 0. The first kappa shape index (κ1) is 17.4. The highest BCUT2D eigenvalue weighted by molar-refractivity contribution is 7.89. The number of nitrogens with zero attached hydrogens (tertiary/aromatic N) is 1. The summed E-state index contributed by atoms with van der Waals surface area (Å²) in [6, 6.07) is 4.10. The zero-order valence-electron chi connectivity index (χ0n) is 12.2. The van der Waals surface area contributed by atoms with E-state index in [0.717, 1.165) is 29.6 Å². The lowest BCUT2D eigenvalue weighted by atomic mass is 10.1. The lowest BCUT2D eigenvalue weighted by molar-refractivity contribution is 0.392. The Hall–Kier alpha value is -1.93. The fraction of sp³-hybridized carbons (Fsp3) is 0.200. The molecule has 8 heteroatoms. The third-order valence-electron chi connectivity index (χ3n) is 3.52. The van der Waals surface area contributed by atoms with Gasteiger partial charge >= 0.3 is 0 Å². The smallest absolute Gasteiger partial charge is 0.207 e. The Kier molecular flexibility index (Phi) is 4.76. The van der Waals surface area contributed by atoms with Crippen LogP contribution in [0, 0.1) is 23.3 Å². The molecule has 2 aromatic carbocycles. The number of hydrogen-bond acceptors (Lipinski definition) is 2. The summed E-state index contributed by atoms with van der Waals surface area (Å²) in [5, 5.41) is 0. The number of halogens is 4. The molecule has 0 aliphatic carbocycles. The van der Waals surface area contributed by atoms with Gasteiger partial charge < -0.3 is 0 Å². The van der Waals surface area contributed by atoms with Crippen LogP contribution < -0.4 is 0 Å².